The molecular formula is C9H23NO2Si. The molecule has 0 aromatic heterocycles. The van der Waals surface area contributed by atoms with Crippen LogP contribution in [-0.4, -0.2) is 28.4 Å². The molecule has 3 nitrogen and oxygen atoms in total. The van der Waals surface area contributed by atoms with Crippen LogP contribution in [0.5, 0.6) is 0 Å². The number of methoxy groups -OCH3 is 2. The van der Waals surface area contributed by atoms with Gasteiger partial charge in [0.2, 0.25) is 0 Å². The Labute approximate surface area is 82.7 Å². The summed E-state index contributed by atoms with van der Waals surface area (Å²) in [5.74, 6) is -0.146. The highest BCUT2D eigenvalue weighted by molar-refractivity contribution is 6.77. The summed E-state index contributed by atoms with van der Waals surface area (Å²) in [4.78, 5) is 0. The Kier molecular flexibility index (Phi) is 6.58. The highest BCUT2D eigenvalue weighted by Crippen LogP contribution is 2.20. The molecular weight excluding hydrogens is 182 g/mol. The van der Waals surface area contributed by atoms with Crippen molar-refractivity contribution in [2.75, 3.05) is 14.2 Å². The van der Waals surface area contributed by atoms with Crippen LogP contribution in [0.4, 0.5) is 0 Å². The summed E-state index contributed by atoms with van der Waals surface area (Å²) in [6, 6.07) is 2.15. The molecule has 0 radical (unpaired) electrons. The third-order valence-electron chi connectivity index (χ3n) is 2.33. The molecule has 4 heteroatoms. The first-order valence-electron chi connectivity index (χ1n) is 4.99. The summed E-state index contributed by atoms with van der Waals surface area (Å²) < 4.78 is 10.6. The molecule has 0 heterocycles. The van der Waals surface area contributed by atoms with Gasteiger partial charge in [-0.2, -0.15) is 0 Å². The van der Waals surface area contributed by atoms with E-state index in [9.17, 15) is 0 Å². The molecule has 0 saturated carbocycles. The fourth-order valence-corrected chi connectivity index (χ4v) is 5.38. The summed E-state index contributed by atoms with van der Waals surface area (Å²) in [5, 5.41) is 6.37. The average Bonchev–Trinajstić information content (AvgIpc) is 2.07. The topological polar surface area (TPSA) is 44.5 Å². The molecule has 0 aliphatic carbocycles. The van der Waals surface area contributed by atoms with Crippen LogP contribution in [0, 0.1) is 0 Å². The lowest BCUT2D eigenvalue weighted by molar-refractivity contribution is -0.0516. The van der Waals surface area contributed by atoms with Crippen molar-refractivity contribution in [3.05, 3.63) is 0 Å². The molecule has 0 amide bonds. The summed E-state index contributed by atoms with van der Waals surface area (Å²) >= 11 is 0. The van der Waals surface area contributed by atoms with Gasteiger partial charge in [-0.25, -0.2) is 0 Å². The standard InChI is InChI=1S/C9H23NO2Si/c1-5-7-13(10,8-6-2)9(11-3)12-4/h9H,5-8,10H2,1-4H3. The second-order valence-corrected chi connectivity index (χ2v) is 7.47. The first kappa shape index (κ1) is 13.1. The normalized spacial score (nSPS) is 12.5. The van der Waals surface area contributed by atoms with Crippen molar-refractivity contribution in [3.8, 4) is 0 Å². The minimum absolute atomic E-state index is 0.146. The van der Waals surface area contributed by atoms with E-state index >= 15 is 0 Å². The zero-order valence-corrected chi connectivity index (χ0v) is 10.3. The average molecular weight is 205 g/mol. The van der Waals surface area contributed by atoms with Crippen molar-refractivity contribution in [1.82, 2.24) is 0 Å². The minimum atomic E-state index is -1.82. The lowest BCUT2D eigenvalue weighted by atomic mass is 10.6. The minimum Gasteiger partial charge on any atom is -0.358 e. The molecule has 0 aliphatic heterocycles. The molecule has 0 unspecified atom stereocenters. The van der Waals surface area contributed by atoms with Crippen LogP contribution in [0.15, 0.2) is 0 Å². The van der Waals surface area contributed by atoms with E-state index in [2.05, 4.69) is 13.8 Å². The van der Waals surface area contributed by atoms with Crippen LogP contribution in [0.25, 0.3) is 0 Å². The van der Waals surface area contributed by atoms with Gasteiger partial charge in [-0.15, -0.1) is 0 Å². The number of rotatable bonds is 7. The lowest BCUT2D eigenvalue weighted by Gasteiger charge is -2.32. The van der Waals surface area contributed by atoms with Gasteiger partial charge in [0, 0.05) is 14.2 Å². The summed E-state index contributed by atoms with van der Waals surface area (Å²) in [7, 11) is 1.53. The van der Waals surface area contributed by atoms with Crippen molar-refractivity contribution in [2.24, 2.45) is 5.40 Å². The monoisotopic (exact) mass is 205 g/mol. The van der Waals surface area contributed by atoms with Crippen LogP contribution in [-0.2, 0) is 9.47 Å². The Morgan fingerprint density at radius 1 is 1.08 bits per heavy atom. The number of hydrogen-bond donors (Lipinski definition) is 1. The van der Waals surface area contributed by atoms with E-state index in [0.717, 1.165) is 24.9 Å². The van der Waals surface area contributed by atoms with Gasteiger partial charge in [0.05, 0.1) is 0 Å². The van der Waals surface area contributed by atoms with Crippen molar-refractivity contribution in [3.63, 3.8) is 0 Å². The van der Waals surface area contributed by atoms with Crippen molar-refractivity contribution < 1.29 is 9.47 Å². The fraction of sp³-hybridized carbons (Fsp3) is 1.00. The van der Waals surface area contributed by atoms with Crippen molar-refractivity contribution >= 4 is 8.24 Å². The third kappa shape index (κ3) is 3.77. The van der Waals surface area contributed by atoms with Crippen molar-refractivity contribution in [1.29, 1.82) is 0 Å². The Bertz CT molecular complexity index is 123. The molecule has 2 N–H and O–H groups in total. The zero-order valence-electron chi connectivity index (χ0n) is 9.30. The first-order valence-corrected chi connectivity index (χ1v) is 7.56. The maximum atomic E-state index is 6.37. The predicted molar refractivity (Wildman–Crippen MR) is 57.9 cm³/mol. The molecule has 0 aromatic carbocycles. The first-order chi connectivity index (χ1) is 6.14. The van der Waals surface area contributed by atoms with E-state index in [1.165, 1.54) is 0 Å². The van der Waals surface area contributed by atoms with E-state index in [-0.39, 0.29) is 5.91 Å². The van der Waals surface area contributed by atoms with Gasteiger partial charge in [0.15, 0.2) is 14.1 Å². The van der Waals surface area contributed by atoms with Crippen LogP contribution >= 0.6 is 0 Å². The van der Waals surface area contributed by atoms with Crippen LogP contribution < -0.4 is 5.40 Å². The summed E-state index contributed by atoms with van der Waals surface area (Å²) in [5.41, 5.74) is 0. The van der Waals surface area contributed by atoms with Crippen LogP contribution in [0.2, 0.25) is 12.1 Å². The predicted octanol–water partition coefficient (Wildman–Crippen LogP) is 1.87. The summed E-state index contributed by atoms with van der Waals surface area (Å²) in [6.45, 7) is 4.32. The van der Waals surface area contributed by atoms with Gasteiger partial charge >= 0.3 is 0 Å². The smallest absolute Gasteiger partial charge is 0.188 e. The van der Waals surface area contributed by atoms with E-state index in [1.54, 1.807) is 14.2 Å². The number of nitrogens with two attached hydrogens (primary N) is 1. The van der Waals surface area contributed by atoms with E-state index in [1.807, 2.05) is 0 Å². The molecule has 0 bridgehead atoms. The van der Waals surface area contributed by atoms with Gasteiger partial charge in [-0.1, -0.05) is 26.7 Å². The molecule has 0 rings (SSSR count). The lowest BCUT2D eigenvalue weighted by Crippen LogP contribution is -2.57. The molecule has 80 valence electrons. The van der Waals surface area contributed by atoms with Crippen molar-refractivity contribution in [2.45, 2.75) is 44.7 Å². The zero-order chi connectivity index (χ0) is 10.3. The highest BCUT2D eigenvalue weighted by atomic mass is 28.3. The maximum Gasteiger partial charge on any atom is 0.188 e. The SMILES string of the molecule is CCC[Si](N)(CCC)C(OC)OC. The van der Waals surface area contributed by atoms with E-state index < -0.39 is 8.24 Å². The molecule has 0 aromatic rings. The van der Waals surface area contributed by atoms with Gasteiger partial charge < -0.3 is 14.9 Å². The van der Waals surface area contributed by atoms with Crippen LogP contribution in [0.1, 0.15) is 26.7 Å². The number of ether oxygens (including phenoxy) is 2. The molecule has 0 saturated heterocycles. The second-order valence-electron chi connectivity index (χ2n) is 3.54. The molecule has 0 aliphatic rings. The van der Waals surface area contributed by atoms with Gasteiger partial charge in [-0.05, 0) is 12.1 Å². The number of hydrogen-bond acceptors (Lipinski definition) is 3. The van der Waals surface area contributed by atoms with E-state index in [0.29, 0.717) is 0 Å². The third-order valence-corrected chi connectivity index (χ3v) is 6.60. The Hall–Kier alpha value is 0.0969. The molecule has 0 spiro atoms. The van der Waals surface area contributed by atoms with Gasteiger partial charge in [0.25, 0.3) is 0 Å². The fourth-order valence-electron chi connectivity index (χ4n) is 1.86. The second kappa shape index (κ2) is 6.54. The van der Waals surface area contributed by atoms with Gasteiger partial charge in [0.1, 0.15) is 0 Å². The Balaban J connectivity index is 4.33. The summed E-state index contributed by atoms with van der Waals surface area (Å²) in [6.07, 6.45) is 2.23. The van der Waals surface area contributed by atoms with Crippen LogP contribution in [0.3, 0.4) is 0 Å². The molecule has 0 atom stereocenters. The van der Waals surface area contributed by atoms with Gasteiger partial charge in [-0.3, -0.25) is 0 Å². The Morgan fingerprint density at radius 2 is 1.46 bits per heavy atom. The largest absolute Gasteiger partial charge is 0.358 e. The highest BCUT2D eigenvalue weighted by Gasteiger charge is 2.37. The quantitative estimate of drug-likeness (QED) is 0.510. The Morgan fingerprint density at radius 3 is 1.69 bits per heavy atom. The maximum absolute atomic E-state index is 6.37. The molecule has 0 fully saturated rings. The van der Waals surface area contributed by atoms with E-state index in [4.69, 9.17) is 14.9 Å². The molecule has 13 heavy (non-hydrogen) atoms.